The molecule has 1 aliphatic carbocycles. The fraction of sp³-hybridized carbons (Fsp3) is 0.500. The van der Waals surface area contributed by atoms with E-state index in [-0.39, 0.29) is 6.04 Å². The summed E-state index contributed by atoms with van der Waals surface area (Å²) in [5.41, 5.74) is 9.10. The molecule has 0 bridgehead atoms. The van der Waals surface area contributed by atoms with Crippen molar-refractivity contribution in [3.8, 4) is 0 Å². The van der Waals surface area contributed by atoms with Gasteiger partial charge >= 0.3 is 0 Å². The molecular formula is C16H22N4. The smallest absolute Gasteiger partial charge is 0.148 e. The third kappa shape index (κ3) is 2.75. The van der Waals surface area contributed by atoms with E-state index in [4.69, 9.17) is 10.7 Å². The zero-order valence-corrected chi connectivity index (χ0v) is 12.0. The Morgan fingerprint density at radius 3 is 2.55 bits per heavy atom. The molecule has 0 amide bonds. The second-order valence-electron chi connectivity index (χ2n) is 5.70. The first-order valence-electron chi connectivity index (χ1n) is 7.49. The molecule has 1 heterocycles. The number of para-hydroxylation sites is 2. The van der Waals surface area contributed by atoms with Gasteiger partial charge in [0.1, 0.15) is 5.82 Å². The van der Waals surface area contributed by atoms with Crippen LogP contribution in [0.15, 0.2) is 24.3 Å². The number of hydrogen-bond acceptors (Lipinski definition) is 4. The van der Waals surface area contributed by atoms with Gasteiger partial charge in [-0.2, -0.15) is 0 Å². The monoisotopic (exact) mass is 270 g/mol. The molecule has 20 heavy (non-hydrogen) atoms. The lowest BCUT2D eigenvalue weighted by Crippen LogP contribution is -2.39. The maximum Gasteiger partial charge on any atom is 0.148 e. The Morgan fingerprint density at radius 1 is 1.05 bits per heavy atom. The topological polar surface area (TPSA) is 63.8 Å². The SMILES string of the molecule is Cc1nc2ccccc2nc1NC1CCCCCC1N. The molecule has 4 heteroatoms. The standard InChI is InChI=1S/C16H22N4/c1-11-16(19-13-8-4-2-3-7-12(13)17)20-15-10-6-5-9-14(15)18-11/h5-6,9-10,12-13H,2-4,7-8,17H2,1H3,(H,19,20). The van der Waals surface area contributed by atoms with Crippen molar-refractivity contribution in [2.24, 2.45) is 5.73 Å². The Hall–Kier alpha value is -1.68. The van der Waals surface area contributed by atoms with Crippen LogP contribution in [0.1, 0.15) is 37.8 Å². The molecule has 0 radical (unpaired) electrons. The van der Waals surface area contributed by atoms with E-state index in [1.54, 1.807) is 0 Å². The van der Waals surface area contributed by atoms with Crippen molar-refractivity contribution in [3.05, 3.63) is 30.0 Å². The number of hydrogen-bond donors (Lipinski definition) is 2. The number of fused-ring (bicyclic) bond motifs is 1. The van der Waals surface area contributed by atoms with Crippen LogP contribution in [-0.2, 0) is 0 Å². The molecule has 1 aromatic carbocycles. The first kappa shape index (κ1) is 13.3. The highest BCUT2D eigenvalue weighted by Gasteiger charge is 2.21. The largest absolute Gasteiger partial charge is 0.364 e. The molecule has 3 rings (SSSR count). The molecule has 0 spiro atoms. The second-order valence-corrected chi connectivity index (χ2v) is 5.70. The van der Waals surface area contributed by atoms with Crippen molar-refractivity contribution in [3.63, 3.8) is 0 Å². The predicted octanol–water partition coefficient (Wildman–Crippen LogP) is 3.01. The zero-order valence-electron chi connectivity index (χ0n) is 12.0. The van der Waals surface area contributed by atoms with E-state index in [9.17, 15) is 0 Å². The summed E-state index contributed by atoms with van der Waals surface area (Å²) in [6.45, 7) is 2.00. The van der Waals surface area contributed by atoms with Crippen LogP contribution in [0.5, 0.6) is 0 Å². The number of nitrogens with two attached hydrogens (primary N) is 1. The molecule has 3 N–H and O–H groups in total. The number of aryl methyl sites for hydroxylation is 1. The summed E-state index contributed by atoms with van der Waals surface area (Å²) in [5.74, 6) is 0.881. The van der Waals surface area contributed by atoms with Gasteiger partial charge in [0.25, 0.3) is 0 Å². The van der Waals surface area contributed by atoms with Gasteiger partial charge in [0.05, 0.1) is 16.7 Å². The van der Waals surface area contributed by atoms with E-state index in [1.807, 2.05) is 31.2 Å². The van der Waals surface area contributed by atoms with Crippen molar-refractivity contribution in [2.45, 2.75) is 51.1 Å². The van der Waals surface area contributed by atoms with Crippen LogP contribution in [0.3, 0.4) is 0 Å². The van der Waals surface area contributed by atoms with Crippen molar-refractivity contribution in [1.29, 1.82) is 0 Å². The van der Waals surface area contributed by atoms with Gasteiger partial charge in [0, 0.05) is 12.1 Å². The van der Waals surface area contributed by atoms with Crippen LogP contribution in [0.2, 0.25) is 0 Å². The van der Waals surface area contributed by atoms with Crippen LogP contribution in [0.25, 0.3) is 11.0 Å². The van der Waals surface area contributed by atoms with E-state index in [2.05, 4.69) is 10.3 Å². The zero-order chi connectivity index (χ0) is 13.9. The third-order valence-electron chi connectivity index (χ3n) is 4.14. The number of aromatic nitrogens is 2. The molecule has 2 atom stereocenters. The van der Waals surface area contributed by atoms with Gasteiger partial charge in [-0.1, -0.05) is 31.4 Å². The van der Waals surface area contributed by atoms with Crippen LogP contribution < -0.4 is 11.1 Å². The number of nitrogens with one attached hydrogen (secondary N) is 1. The first-order valence-corrected chi connectivity index (χ1v) is 7.49. The van der Waals surface area contributed by atoms with Gasteiger partial charge in [-0.25, -0.2) is 9.97 Å². The second kappa shape index (κ2) is 5.75. The Morgan fingerprint density at radius 2 is 1.75 bits per heavy atom. The Balaban J connectivity index is 1.87. The van der Waals surface area contributed by atoms with E-state index >= 15 is 0 Å². The lowest BCUT2D eigenvalue weighted by atomic mass is 10.0. The summed E-state index contributed by atoms with van der Waals surface area (Å²) in [7, 11) is 0. The Kier molecular flexibility index (Phi) is 3.83. The molecule has 0 aliphatic heterocycles. The molecule has 106 valence electrons. The Labute approximate surface area is 119 Å². The number of benzene rings is 1. The van der Waals surface area contributed by atoms with E-state index < -0.39 is 0 Å². The van der Waals surface area contributed by atoms with Crippen LogP contribution in [0, 0.1) is 6.92 Å². The quantitative estimate of drug-likeness (QED) is 0.823. The average molecular weight is 270 g/mol. The van der Waals surface area contributed by atoms with Crippen molar-refractivity contribution >= 4 is 16.9 Å². The van der Waals surface area contributed by atoms with Gasteiger partial charge in [-0.3, -0.25) is 0 Å². The minimum absolute atomic E-state index is 0.213. The molecule has 1 aromatic heterocycles. The van der Waals surface area contributed by atoms with Crippen LogP contribution in [0.4, 0.5) is 5.82 Å². The van der Waals surface area contributed by atoms with Crippen LogP contribution >= 0.6 is 0 Å². The maximum absolute atomic E-state index is 6.28. The third-order valence-corrected chi connectivity index (χ3v) is 4.14. The summed E-state index contributed by atoms with van der Waals surface area (Å²) in [4.78, 5) is 9.33. The van der Waals surface area contributed by atoms with Gasteiger partial charge in [-0.15, -0.1) is 0 Å². The lowest BCUT2D eigenvalue weighted by Gasteiger charge is -2.24. The summed E-state index contributed by atoms with van der Waals surface area (Å²) < 4.78 is 0. The molecule has 2 unspecified atom stereocenters. The van der Waals surface area contributed by atoms with Gasteiger partial charge in [0.2, 0.25) is 0 Å². The number of anilines is 1. The first-order chi connectivity index (χ1) is 9.74. The van der Waals surface area contributed by atoms with E-state index in [0.29, 0.717) is 6.04 Å². The summed E-state index contributed by atoms with van der Waals surface area (Å²) in [6, 6.07) is 8.51. The summed E-state index contributed by atoms with van der Waals surface area (Å²) in [5, 5.41) is 3.53. The number of nitrogens with zero attached hydrogens (tertiary/aromatic N) is 2. The maximum atomic E-state index is 6.28. The van der Waals surface area contributed by atoms with Gasteiger partial charge in [0.15, 0.2) is 0 Å². The Bertz CT molecular complexity index is 596. The fourth-order valence-corrected chi connectivity index (χ4v) is 2.92. The minimum atomic E-state index is 0.213. The highest BCUT2D eigenvalue weighted by atomic mass is 15.1. The molecule has 2 aromatic rings. The fourth-order valence-electron chi connectivity index (χ4n) is 2.92. The summed E-state index contributed by atoms with van der Waals surface area (Å²) in [6.07, 6.45) is 5.98. The normalized spacial score (nSPS) is 23.5. The molecule has 4 nitrogen and oxygen atoms in total. The predicted molar refractivity (Wildman–Crippen MR) is 82.7 cm³/mol. The van der Waals surface area contributed by atoms with Crippen LogP contribution in [-0.4, -0.2) is 22.1 Å². The summed E-state index contributed by atoms with van der Waals surface area (Å²) >= 11 is 0. The van der Waals surface area contributed by atoms with Crippen molar-refractivity contribution < 1.29 is 0 Å². The molecular weight excluding hydrogens is 248 g/mol. The van der Waals surface area contributed by atoms with E-state index in [1.165, 1.54) is 19.3 Å². The lowest BCUT2D eigenvalue weighted by molar-refractivity contribution is 0.526. The van der Waals surface area contributed by atoms with Crippen molar-refractivity contribution in [2.75, 3.05) is 5.32 Å². The van der Waals surface area contributed by atoms with Gasteiger partial charge in [-0.05, 0) is 31.9 Å². The molecule has 1 aliphatic rings. The molecule has 1 saturated carbocycles. The molecule has 0 saturated heterocycles. The van der Waals surface area contributed by atoms with Gasteiger partial charge < -0.3 is 11.1 Å². The molecule has 1 fully saturated rings. The highest BCUT2D eigenvalue weighted by molar-refractivity contribution is 5.76. The average Bonchev–Trinajstić information content (AvgIpc) is 2.65. The minimum Gasteiger partial charge on any atom is -0.364 e. The van der Waals surface area contributed by atoms with E-state index in [0.717, 1.165) is 35.4 Å². The van der Waals surface area contributed by atoms with Crippen molar-refractivity contribution in [1.82, 2.24) is 9.97 Å². The number of rotatable bonds is 2. The highest BCUT2D eigenvalue weighted by Crippen LogP contribution is 2.22.